The van der Waals surface area contributed by atoms with Crippen LogP contribution in [0.3, 0.4) is 0 Å². The van der Waals surface area contributed by atoms with Crippen molar-refractivity contribution in [3.63, 3.8) is 0 Å². The van der Waals surface area contributed by atoms with E-state index in [1.54, 1.807) is 18.9 Å². The molecule has 0 atom stereocenters. The van der Waals surface area contributed by atoms with Gasteiger partial charge in [-0.2, -0.15) is 5.26 Å². The second kappa shape index (κ2) is 13.3. The van der Waals surface area contributed by atoms with Crippen molar-refractivity contribution >= 4 is 17.8 Å². The molecule has 0 aliphatic heterocycles. The summed E-state index contributed by atoms with van der Waals surface area (Å²) < 4.78 is 11.5. The van der Waals surface area contributed by atoms with Crippen LogP contribution < -0.4 is 9.47 Å². The van der Waals surface area contributed by atoms with Gasteiger partial charge in [0.1, 0.15) is 11.1 Å². The van der Waals surface area contributed by atoms with Crippen LogP contribution in [-0.4, -0.2) is 24.5 Å². The van der Waals surface area contributed by atoms with E-state index in [9.17, 15) is 5.26 Å². The van der Waals surface area contributed by atoms with Gasteiger partial charge in [0.15, 0.2) is 11.5 Å². The molecule has 5 heteroatoms. The number of nitrogens with zero attached hydrogens (tertiary/aromatic N) is 2. The van der Waals surface area contributed by atoms with Crippen molar-refractivity contribution in [1.29, 1.82) is 5.26 Å². The largest absolute Gasteiger partial charge is 0.493 e. The molecular weight excluding hydrogens is 476 g/mol. The molecule has 0 spiro atoms. The maximum Gasteiger partial charge on any atom is 0.161 e. The van der Waals surface area contributed by atoms with Crippen molar-refractivity contribution in [2.75, 3.05) is 19.5 Å². The Morgan fingerprint density at radius 3 is 2.30 bits per heavy atom. The Morgan fingerprint density at radius 2 is 1.62 bits per heavy atom. The highest BCUT2D eigenvalue weighted by Crippen LogP contribution is 2.34. The third-order valence-corrected chi connectivity index (χ3v) is 6.90. The number of aromatic nitrogens is 1. The van der Waals surface area contributed by atoms with Crippen LogP contribution in [0.25, 0.3) is 28.5 Å². The second-order valence-electron chi connectivity index (χ2n) is 8.39. The highest BCUT2D eigenvalue weighted by atomic mass is 32.2. The summed E-state index contributed by atoms with van der Waals surface area (Å²) >= 11 is 1.63. The SMILES string of the molecule is C/C=C/c1ccc(OCCCCSc2nc(-c3ccccc3)cc(-c3ccccc3)c2C#N)c(OC)c1. The van der Waals surface area contributed by atoms with E-state index in [0.717, 1.165) is 63.1 Å². The van der Waals surface area contributed by atoms with Gasteiger partial charge in [-0.1, -0.05) is 78.9 Å². The van der Waals surface area contributed by atoms with Crippen LogP contribution in [-0.2, 0) is 0 Å². The average Bonchev–Trinajstić information content (AvgIpc) is 2.96. The first kappa shape index (κ1) is 26.1. The highest BCUT2D eigenvalue weighted by Gasteiger charge is 2.15. The lowest BCUT2D eigenvalue weighted by Gasteiger charge is -2.13. The van der Waals surface area contributed by atoms with Crippen molar-refractivity contribution < 1.29 is 9.47 Å². The third-order valence-electron chi connectivity index (χ3n) is 5.83. The molecule has 0 unspecified atom stereocenters. The van der Waals surface area contributed by atoms with Gasteiger partial charge in [-0.05, 0) is 54.8 Å². The van der Waals surface area contributed by atoms with Gasteiger partial charge in [0, 0.05) is 11.1 Å². The molecule has 0 saturated heterocycles. The highest BCUT2D eigenvalue weighted by molar-refractivity contribution is 7.99. The minimum Gasteiger partial charge on any atom is -0.493 e. The zero-order chi connectivity index (χ0) is 25.9. The number of ether oxygens (including phenoxy) is 2. The van der Waals surface area contributed by atoms with Gasteiger partial charge in [0.05, 0.1) is 25.0 Å². The summed E-state index contributed by atoms with van der Waals surface area (Å²) in [5, 5.41) is 10.8. The van der Waals surface area contributed by atoms with E-state index in [1.165, 1.54) is 0 Å². The fraction of sp³-hybridized carbons (Fsp3) is 0.188. The number of rotatable bonds is 11. The van der Waals surface area contributed by atoms with Crippen molar-refractivity contribution in [3.05, 3.63) is 102 Å². The summed E-state index contributed by atoms with van der Waals surface area (Å²) in [5.41, 5.74) is 5.54. The fourth-order valence-corrected chi connectivity index (χ4v) is 5.00. The normalized spacial score (nSPS) is 10.8. The molecular formula is C32H30N2O2S. The predicted octanol–water partition coefficient (Wildman–Crippen LogP) is 8.28. The first-order chi connectivity index (χ1) is 18.2. The molecule has 0 saturated carbocycles. The summed E-state index contributed by atoms with van der Waals surface area (Å²) in [6, 6.07) is 30.5. The Bertz CT molecular complexity index is 1380. The molecule has 37 heavy (non-hydrogen) atoms. The van der Waals surface area contributed by atoms with Crippen molar-refractivity contribution in [2.45, 2.75) is 24.8 Å². The molecule has 3 aromatic carbocycles. The number of benzene rings is 3. The standard InChI is InChI=1S/C32H30N2O2S/c1-3-12-24-17-18-30(31(21-24)35-2)36-19-10-11-20-37-32-28(23-33)27(25-13-6-4-7-14-25)22-29(34-32)26-15-8-5-9-16-26/h3-9,12-18,21-22H,10-11,19-20H2,1-2H3/b12-3+. The maximum absolute atomic E-state index is 10.1. The number of nitriles is 1. The topological polar surface area (TPSA) is 55.1 Å². The van der Waals surface area contributed by atoms with Gasteiger partial charge in [-0.25, -0.2) is 4.98 Å². The molecule has 0 fully saturated rings. The Labute approximate surface area is 223 Å². The lowest BCUT2D eigenvalue weighted by molar-refractivity contribution is 0.288. The van der Waals surface area contributed by atoms with Gasteiger partial charge in [-0.3, -0.25) is 0 Å². The van der Waals surface area contributed by atoms with E-state index >= 15 is 0 Å². The van der Waals surface area contributed by atoms with Crippen molar-refractivity contribution in [1.82, 2.24) is 4.98 Å². The average molecular weight is 507 g/mol. The van der Waals surface area contributed by atoms with E-state index < -0.39 is 0 Å². The zero-order valence-electron chi connectivity index (χ0n) is 21.2. The van der Waals surface area contributed by atoms with Crippen LogP contribution in [0, 0.1) is 11.3 Å². The number of pyridine rings is 1. The summed E-state index contributed by atoms with van der Waals surface area (Å²) in [6.45, 7) is 2.59. The Kier molecular flexibility index (Phi) is 9.40. The molecule has 4 rings (SSSR count). The van der Waals surface area contributed by atoms with Gasteiger partial charge in [0.2, 0.25) is 0 Å². The number of hydrogen-bond acceptors (Lipinski definition) is 5. The summed E-state index contributed by atoms with van der Waals surface area (Å²) in [6.07, 6.45) is 5.85. The van der Waals surface area contributed by atoms with Gasteiger partial charge in [-0.15, -0.1) is 11.8 Å². The summed E-state index contributed by atoms with van der Waals surface area (Å²) in [7, 11) is 1.66. The first-order valence-electron chi connectivity index (χ1n) is 12.4. The summed E-state index contributed by atoms with van der Waals surface area (Å²) in [5.74, 6) is 2.33. The molecule has 4 nitrogen and oxygen atoms in total. The van der Waals surface area contributed by atoms with E-state index in [0.29, 0.717) is 12.2 Å². The second-order valence-corrected chi connectivity index (χ2v) is 9.48. The molecule has 0 amide bonds. The lowest BCUT2D eigenvalue weighted by Crippen LogP contribution is -2.01. The maximum atomic E-state index is 10.1. The molecule has 1 aromatic heterocycles. The molecule has 1 heterocycles. The Balaban J connectivity index is 1.44. The molecule has 0 aliphatic rings. The van der Waals surface area contributed by atoms with E-state index in [-0.39, 0.29) is 0 Å². The summed E-state index contributed by atoms with van der Waals surface area (Å²) in [4.78, 5) is 4.90. The van der Waals surface area contributed by atoms with Gasteiger partial charge < -0.3 is 9.47 Å². The van der Waals surface area contributed by atoms with Crippen LogP contribution in [0.15, 0.2) is 96.0 Å². The van der Waals surface area contributed by atoms with Crippen LogP contribution in [0.2, 0.25) is 0 Å². The zero-order valence-corrected chi connectivity index (χ0v) is 22.0. The van der Waals surface area contributed by atoms with Crippen LogP contribution in [0.4, 0.5) is 0 Å². The number of allylic oxidation sites excluding steroid dienone is 1. The van der Waals surface area contributed by atoms with E-state index in [2.05, 4.69) is 6.07 Å². The van der Waals surface area contributed by atoms with Crippen molar-refractivity contribution in [3.8, 4) is 40.0 Å². The van der Waals surface area contributed by atoms with Gasteiger partial charge in [0.25, 0.3) is 0 Å². The number of hydrogen-bond donors (Lipinski definition) is 0. The molecule has 4 aromatic rings. The van der Waals surface area contributed by atoms with Crippen LogP contribution >= 0.6 is 11.8 Å². The first-order valence-corrected chi connectivity index (χ1v) is 13.3. The van der Waals surface area contributed by atoms with Crippen molar-refractivity contribution in [2.24, 2.45) is 0 Å². The minimum atomic E-state index is 0.595. The smallest absolute Gasteiger partial charge is 0.161 e. The quantitative estimate of drug-likeness (QED) is 0.151. The molecule has 0 radical (unpaired) electrons. The number of unbranched alkanes of at least 4 members (excludes halogenated alkanes) is 1. The Hall–Kier alpha value is -4.01. The van der Waals surface area contributed by atoms with Crippen LogP contribution in [0.5, 0.6) is 11.5 Å². The fourth-order valence-electron chi connectivity index (χ4n) is 3.99. The number of thioether (sulfide) groups is 1. The Morgan fingerprint density at radius 1 is 0.892 bits per heavy atom. The minimum absolute atomic E-state index is 0.595. The predicted molar refractivity (Wildman–Crippen MR) is 153 cm³/mol. The van der Waals surface area contributed by atoms with E-state index in [4.69, 9.17) is 14.5 Å². The monoisotopic (exact) mass is 506 g/mol. The molecule has 0 aliphatic carbocycles. The number of methoxy groups -OCH3 is 1. The van der Waals surface area contributed by atoms with E-state index in [1.807, 2.05) is 104 Å². The lowest BCUT2D eigenvalue weighted by atomic mass is 9.99. The van der Waals surface area contributed by atoms with Crippen LogP contribution in [0.1, 0.15) is 30.9 Å². The van der Waals surface area contributed by atoms with Gasteiger partial charge >= 0.3 is 0 Å². The molecule has 0 bridgehead atoms. The molecule has 0 N–H and O–H groups in total. The molecule has 186 valence electrons. The third kappa shape index (κ3) is 6.81.